The van der Waals surface area contributed by atoms with Crippen molar-refractivity contribution < 1.29 is 0 Å². The molecule has 0 amide bonds. The van der Waals surface area contributed by atoms with Crippen molar-refractivity contribution in [1.82, 2.24) is 19.5 Å². The topological polar surface area (TPSA) is 46.5 Å². The quantitative estimate of drug-likeness (QED) is 0.450. The van der Waals surface area contributed by atoms with E-state index >= 15 is 0 Å². The van der Waals surface area contributed by atoms with Crippen molar-refractivity contribution in [3.63, 3.8) is 0 Å². The van der Waals surface area contributed by atoms with Gasteiger partial charge in [0, 0.05) is 35.0 Å². The molecule has 0 fully saturated rings. The first kappa shape index (κ1) is 20.1. The second-order valence-corrected chi connectivity index (χ2v) is 6.27. The van der Waals surface area contributed by atoms with Crippen LogP contribution >= 0.6 is 15.9 Å². The fourth-order valence-electron chi connectivity index (χ4n) is 2.03. The van der Waals surface area contributed by atoms with E-state index in [1.54, 1.807) is 31.2 Å². The van der Waals surface area contributed by atoms with Crippen molar-refractivity contribution in [3.05, 3.63) is 122 Å². The third-order valence-corrected chi connectivity index (χ3v) is 3.87. The average Bonchev–Trinajstić information content (AvgIpc) is 3.46. The smallest absolute Gasteiger partial charge is 0.0991 e. The molecule has 5 heteroatoms. The average molecular weight is 421 g/mol. The van der Waals surface area contributed by atoms with E-state index in [4.69, 9.17) is 0 Å². The van der Waals surface area contributed by atoms with Crippen molar-refractivity contribution >= 4 is 26.1 Å². The number of H-pyrrole nitrogens is 1. The van der Waals surface area contributed by atoms with E-state index in [2.05, 4.69) is 44.0 Å². The normalized spacial score (nSPS) is 9.22. The molecule has 4 aromatic rings. The zero-order valence-corrected chi connectivity index (χ0v) is 16.5. The minimum atomic E-state index is 0.933. The molecule has 136 valence electrons. The summed E-state index contributed by atoms with van der Waals surface area (Å²) in [6.45, 7) is 7.73. The molecule has 0 unspecified atom stereocenters. The van der Waals surface area contributed by atoms with Crippen LogP contribution in [-0.4, -0.2) is 19.5 Å². The number of hydrogen-bond acceptors (Lipinski definition) is 2. The van der Waals surface area contributed by atoms with Crippen LogP contribution in [-0.2, 0) is 0 Å². The third-order valence-electron chi connectivity index (χ3n) is 3.42. The Morgan fingerprint density at radius 1 is 0.852 bits per heavy atom. The molecule has 2 heterocycles. The largest absolute Gasteiger partial charge is 0.351 e. The van der Waals surface area contributed by atoms with Gasteiger partial charge in [-0.15, -0.1) is 0 Å². The Bertz CT molecular complexity index is 882. The Balaban J connectivity index is 0.000000161. The Hall–Kier alpha value is -3.18. The first-order chi connectivity index (χ1) is 13.2. The van der Waals surface area contributed by atoms with Crippen molar-refractivity contribution in [2.75, 3.05) is 0 Å². The van der Waals surface area contributed by atoms with Gasteiger partial charge in [0.2, 0.25) is 0 Å². The van der Waals surface area contributed by atoms with Gasteiger partial charge in [0.1, 0.15) is 0 Å². The zero-order chi connectivity index (χ0) is 19.3. The van der Waals surface area contributed by atoms with Gasteiger partial charge in [-0.2, -0.15) is 0 Å². The van der Waals surface area contributed by atoms with Crippen LogP contribution in [0.5, 0.6) is 0 Å². The number of rotatable bonds is 3. The summed E-state index contributed by atoms with van der Waals surface area (Å²) in [5.74, 6) is 0. The first-order valence-corrected chi connectivity index (χ1v) is 9.03. The predicted molar refractivity (Wildman–Crippen MR) is 116 cm³/mol. The fourth-order valence-corrected chi connectivity index (χ4v) is 2.30. The SMILES string of the molecule is C=C(Br)c1ccccc1.C=C(c1ccccc1)n1ccnc1.c1c[nH]cn1. The number of imidazole rings is 2. The van der Waals surface area contributed by atoms with Gasteiger partial charge in [-0.3, -0.25) is 0 Å². The molecule has 27 heavy (non-hydrogen) atoms. The summed E-state index contributed by atoms with van der Waals surface area (Å²) >= 11 is 3.29. The second kappa shape index (κ2) is 11.4. The van der Waals surface area contributed by atoms with Crippen molar-refractivity contribution in [2.45, 2.75) is 0 Å². The third kappa shape index (κ3) is 7.30. The maximum atomic E-state index is 3.99. The standard InChI is InChI=1S/C11H10N2.C8H7Br.C3H4N2/c1-10(13-8-7-12-9-13)11-5-3-2-4-6-11;1-7(9)8-5-3-2-4-6-8;1-2-5-3-4-1/h2-9H,1H2;2-6H,1H2;1-3H,(H,4,5). The fraction of sp³-hybridized carbons (Fsp3) is 0. The maximum Gasteiger partial charge on any atom is 0.0991 e. The van der Waals surface area contributed by atoms with E-state index in [0.717, 1.165) is 21.3 Å². The monoisotopic (exact) mass is 420 g/mol. The molecule has 4 nitrogen and oxygen atoms in total. The minimum absolute atomic E-state index is 0.933. The number of halogens is 1. The van der Waals surface area contributed by atoms with Crippen molar-refractivity contribution in [2.24, 2.45) is 0 Å². The lowest BCUT2D eigenvalue weighted by molar-refractivity contribution is 1.09. The van der Waals surface area contributed by atoms with Crippen LogP contribution in [0.25, 0.3) is 10.2 Å². The van der Waals surface area contributed by atoms with Crippen LogP contribution in [0.15, 0.2) is 111 Å². The molecule has 0 radical (unpaired) electrons. The van der Waals surface area contributed by atoms with Crippen LogP contribution in [0.4, 0.5) is 0 Å². The van der Waals surface area contributed by atoms with E-state index in [1.165, 1.54) is 0 Å². The highest BCUT2D eigenvalue weighted by molar-refractivity contribution is 9.15. The number of benzene rings is 2. The second-order valence-electron chi connectivity index (χ2n) is 5.31. The van der Waals surface area contributed by atoms with E-state index in [0.29, 0.717) is 0 Å². The van der Waals surface area contributed by atoms with E-state index in [-0.39, 0.29) is 0 Å². The molecule has 2 aromatic carbocycles. The van der Waals surface area contributed by atoms with Crippen molar-refractivity contribution in [3.8, 4) is 0 Å². The molecule has 4 rings (SSSR count). The highest BCUT2D eigenvalue weighted by Gasteiger charge is 1.98. The Morgan fingerprint density at radius 2 is 1.48 bits per heavy atom. The van der Waals surface area contributed by atoms with Crippen molar-refractivity contribution in [1.29, 1.82) is 0 Å². The summed E-state index contributed by atoms with van der Waals surface area (Å²) in [5, 5.41) is 0. The molecule has 0 spiro atoms. The number of nitrogens with one attached hydrogen (secondary N) is 1. The highest BCUT2D eigenvalue weighted by atomic mass is 79.9. The van der Waals surface area contributed by atoms with E-state index in [1.807, 2.05) is 71.4 Å². The van der Waals surface area contributed by atoms with Gasteiger partial charge in [0.15, 0.2) is 0 Å². The molecule has 0 bridgehead atoms. The molecule has 0 atom stereocenters. The Morgan fingerprint density at radius 3 is 1.85 bits per heavy atom. The highest BCUT2D eigenvalue weighted by Crippen LogP contribution is 2.16. The molecular formula is C22H21BrN4. The lowest BCUT2D eigenvalue weighted by Gasteiger charge is -2.05. The summed E-state index contributed by atoms with van der Waals surface area (Å²) < 4.78 is 2.83. The van der Waals surface area contributed by atoms with Crippen LogP contribution in [0.2, 0.25) is 0 Å². The predicted octanol–water partition coefficient (Wildman–Crippen LogP) is 5.86. The summed E-state index contributed by atoms with van der Waals surface area (Å²) in [5.41, 5.74) is 3.19. The zero-order valence-electron chi connectivity index (χ0n) is 14.9. The van der Waals surface area contributed by atoms with Gasteiger partial charge >= 0.3 is 0 Å². The minimum Gasteiger partial charge on any atom is -0.351 e. The lowest BCUT2D eigenvalue weighted by atomic mass is 10.2. The Kier molecular flexibility index (Phi) is 8.53. The molecule has 0 saturated heterocycles. The van der Waals surface area contributed by atoms with Crippen LogP contribution in [0.1, 0.15) is 11.1 Å². The number of aromatic nitrogens is 4. The van der Waals surface area contributed by atoms with Crippen LogP contribution < -0.4 is 0 Å². The summed E-state index contributed by atoms with van der Waals surface area (Å²) in [4.78, 5) is 10.4. The van der Waals surface area contributed by atoms with E-state index < -0.39 is 0 Å². The molecular weight excluding hydrogens is 400 g/mol. The molecule has 0 saturated carbocycles. The van der Waals surface area contributed by atoms with Gasteiger partial charge in [-0.05, 0) is 11.1 Å². The summed E-state index contributed by atoms with van der Waals surface area (Å²) in [6, 6.07) is 20.0. The van der Waals surface area contributed by atoms with Crippen LogP contribution in [0, 0.1) is 0 Å². The molecule has 0 aliphatic heterocycles. The number of hydrogen-bond donors (Lipinski definition) is 1. The van der Waals surface area contributed by atoms with Gasteiger partial charge < -0.3 is 9.55 Å². The molecule has 0 aliphatic rings. The molecule has 0 aliphatic carbocycles. The first-order valence-electron chi connectivity index (χ1n) is 8.23. The van der Waals surface area contributed by atoms with E-state index in [9.17, 15) is 0 Å². The van der Waals surface area contributed by atoms with Gasteiger partial charge in [-0.25, -0.2) is 9.97 Å². The maximum absolute atomic E-state index is 3.99. The van der Waals surface area contributed by atoms with Crippen LogP contribution in [0.3, 0.4) is 0 Å². The summed E-state index contributed by atoms with van der Waals surface area (Å²) in [6.07, 6.45) is 10.5. The van der Waals surface area contributed by atoms with Gasteiger partial charge in [0.05, 0.1) is 12.7 Å². The number of nitrogens with zero attached hydrogens (tertiary/aromatic N) is 3. The molecule has 1 N–H and O–H groups in total. The summed E-state index contributed by atoms with van der Waals surface area (Å²) in [7, 11) is 0. The lowest BCUT2D eigenvalue weighted by Crippen LogP contribution is -1.93. The Labute approximate surface area is 168 Å². The van der Waals surface area contributed by atoms with Gasteiger partial charge in [0.25, 0.3) is 0 Å². The number of aromatic amines is 1. The van der Waals surface area contributed by atoms with Gasteiger partial charge in [-0.1, -0.05) is 89.8 Å². The molecule has 2 aromatic heterocycles.